The summed E-state index contributed by atoms with van der Waals surface area (Å²) in [5.74, 6) is -0.225. The van der Waals surface area contributed by atoms with Crippen LogP contribution in [0.2, 0.25) is 0 Å². The number of carbonyl (C=O) groups is 3. The van der Waals surface area contributed by atoms with E-state index in [0.29, 0.717) is 23.4 Å². The second-order valence-corrected chi connectivity index (χ2v) is 7.23. The third-order valence-corrected chi connectivity index (χ3v) is 5.33. The normalized spacial score (nSPS) is 19.2. The minimum absolute atomic E-state index is 0.0171. The van der Waals surface area contributed by atoms with Crippen LogP contribution in [-0.4, -0.2) is 66.9 Å². The SMILES string of the molecule is C[C@@H]1CCCCN1C(=O)Cn1nnc(CCN2C(=O)c3ccccc3C2=O)n1. The van der Waals surface area contributed by atoms with Gasteiger partial charge in [0.25, 0.3) is 11.8 Å². The van der Waals surface area contributed by atoms with E-state index in [1.54, 1.807) is 24.3 Å². The van der Waals surface area contributed by atoms with Gasteiger partial charge < -0.3 is 4.90 Å². The van der Waals surface area contributed by atoms with Gasteiger partial charge >= 0.3 is 0 Å². The maximum Gasteiger partial charge on any atom is 0.261 e. The van der Waals surface area contributed by atoms with Gasteiger partial charge in [-0.25, -0.2) is 0 Å². The standard InChI is InChI=1S/C19H22N6O3/c1-13-6-4-5-10-23(13)17(26)12-25-21-16(20-22-25)9-11-24-18(27)14-7-2-3-8-15(14)19(24)28/h2-3,7-8,13H,4-6,9-12H2,1H3/t13-/m1/s1. The topological polar surface area (TPSA) is 101 Å². The summed E-state index contributed by atoms with van der Waals surface area (Å²) in [5, 5.41) is 12.1. The molecule has 9 heteroatoms. The molecule has 0 unspecified atom stereocenters. The lowest BCUT2D eigenvalue weighted by atomic mass is 10.0. The Morgan fingerprint density at radius 2 is 1.86 bits per heavy atom. The molecule has 3 heterocycles. The van der Waals surface area contributed by atoms with Crippen molar-refractivity contribution in [1.29, 1.82) is 0 Å². The van der Waals surface area contributed by atoms with Gasteiger partial charge in [-0.05, 0) is 43.5 Å². The van der Waals surface area contributed by atoms with Gasteiger partial charge in [-0.3, -0.25) is 19.3 Å². The first-order valence-electron chi connectivity index (χ1n) is 9.56. The zero-order valence-corrected chi connectivity index (χ0v) is 15.7. The molecule has 1 aromatic carbocycles. The van der Waals surface area contributed by atoms with Crippen molar-refractivity contribution in [3.63, 3.8) is 0 Å². The Morgan fingerprint density at radius 3 is 2.54 bits per heavy atom. The molecule has 3 amide bonds. The van der Waals surface area contributed by atoms with Crippen LogP contribution in [0.5, 0.6) is 0 Å². The zero-order chi connectivity index (χ0) is 19.7. The van der Waals surface area contributed by atoms with Crippen molar-refractivity contribution in [1.82, 2.24) is 30.0 Å². The number of piperidine rings is 1. The Hall–Kier alpha value is -3.10. The van der Waals surface area contributed by atoms with E-state index in [0.717, 1.165) is 25.8 Å². The number of nitrogens with zero attached hydrogens (tertiary/aromatic N) is 6. The number of tetrazole rings is 1. The van der Waals surface area contributed by atoms with Gasteiger partial charge in [0.05, 0.1) is 11.1 Å². The van der Waals surface area contributed by atoms with Gasteiger partial charge in [0.2, 0.25) is 5.91 Å². The van der Waals surface area contributed by atoms with Crippen molar-refractivity contribution in [2.75, 3.05) is 13.1 Å². The van der Waals surface area contributed by atoms with E-state index in [9.17, 15) is 14.4 Å². The van der Waals surface area contributed by atoms with Crippen molar-refractivity contribution in [3.8, 4) is 0 Å². The van der Waals surface area contributed by atoms with E-state index in [1.807, 2.05) is 4.90 Å². The Bertz CT molecular complexity index is 889. The predicted octanol–water partition coefficient (Wildman–Crippen LogP) is 0.913. The predicted molar refractivity (Wildman–Crippen MR) is 98.4 cm³/mol. The first kappa shape index (κ1) is 18.3. The first-order valence-corrected chi connectivity index (χ1v) is 9.56. The number of benzene rings is 1. The van der Waals surface area contributed by atoms with Crippen LogP contribution in [0.25, 0.3) is 0 Å². The van der Waals surface area contributed by atoms with Crippen LogP contribution in [0.15, 0.2) is 24.3 Å². The molecule has 0 radical (unpaired) electrons. The second-order valence-electron chi connectivity index (χ2n) is 7.23. The van der Waals surface area contributed by atoms with E-state index >= 15 is 0 Å². The number of likely N-dealkylation sites (tertiary alicyclic amines) is 1. The zero-order valence-electron chi connectivity index (χ0n) is 15.7. The van der Waals surface area contributed by atoms with Gasteiger partial charge in [-0.1, -0.05) is 12.1 Å². The fourth-order valence-corrected chi connectivity index (χ4v) is 3.78. The summed E-state index contributed by atoms with van der Waals surface area (Å²) in [4.78, 5) is 41.6. The summed E-state index contributed by atoms with van der Waals surface area (Å²) in [6.45, 7) is 3.04. The fraction of sp³-hybridized carbons (Fsp3) is 0.474. The largest absolute Gasteiger partial charge is 0.338 e. The van der Waals surface area contributed by atoms with Crippen LogP contribution in [0.3, 0.4) is 0 Å². The number of fused-ring (bicyclic) bond motifs is 1. The highest BCUT2D eigenvalue weighted by Gasteiger charge is 2.34. The van der Waals surface area contributed by atoms with Crippen LogP contribution in [0.1, 0.15) is 52.7 Å². The maximum absolute atomic E-state index is 12.5. The van der Waals surface area contributed by atoms with Crippen LogP contribution in [0.4, 0.5) is 0 Å². The van der Waals surface area contributed by atoms with E-state index in [4.69, 9.17) is 0 Å². The molecule has 1 saturated heterocycles. The monoisotopic (exact) mass is 382 g/mol. The molecular weight excluding hydrogens is 360 g/mol. The Morgan fingerprint density at radius 1 is 1.14 bits per heavy atom. The van der Waals surface area contributed by atoms with Gasteiger partial charge in [-0.15, -0.1) is 10.2 Å². The van der Waals surface area contributed by atoms with Crippen LogP contribution >= 0.6 is 0 Å². The number of aromatic nitrogens is 4. The average molecular weight is 382 g/mol. The number of amides is 3. The Balaban J connectivity index is 1.35. The highest BCUT2D eigenvalue weighted by atomic mass is 16.2. The molecule has 2 aromatic rings. The Labute approximate surface area is 162 Å². The first-order chi connectivity index (χ1) is 13.5. The fourth-order valence-electron chi connectivity index (χ4n) is 3.78. The van der Waals surface area contributed by atoms with Crippen molar-refractivity contribution in [2.24, 2.45) is 0 Å². The summed E-state index contributed by atoms with van der Waals surface area (Å²) in [5.41, 5.74) is 0.843. The van der Waals surface area contributed by atoms with Crippen molar-refractivity contribution >= 4 is 17.7 Å². The summed E-state index contributed by atoms with van der Waals surface area (Å²) in [6, 6.07) is 7.01. The summed E-state index contributed by atoms with van der Waals surface area (Å²) >= 11 is 0. The van der Waals surface area contributed by atoms with Crippen molar-refractivity contribution in [2.45, 2.75) is 45.2 Å². The molecule has 1 fully saturated rings. The smallest absolute Gasteiger partial charge is 0.261 e. The maximum atomic E-state index is 12.5. The van der Waals surface area contributed by atoms with E-state index in [2.05, 4.69) is 22.3 Å². The highest BCUT2D eigenvalue weighted by Crippen LogP contribution is 2.22. The summed E-state index contributed by atoms with van der Waals surface area (Å²) in [6.07, 6.45) is 3.47. The van der Waals surface area contributed by atoms with Crippen LogP contribution in [-0.2, 0) is 17.8 Å². The molecule has 0 saturated carbocycles. The molecule has 146 valence electrons. The van der Waals surface area contributed by atoms with Crippen LogP contribution < -0.4 is 0 Å². The van der Waals surface area contributed by atoms with Crippen LogP contribution in [0, 0.1) is 0 Å². The van der Waals surface area contributed by atoms with E-state index in [-0.39, 0.29) is 36.9 Å². The average Bonchev–Trinajstić information content (AvgIpc) is 3.24. The number of hydrogen-bond acceptors (Lipinski definition) is 6. The molecule has 9 nitrogen and oxygen atoms in total. The number of imide groups is 1. The van der Waals surface area contributed by atoms with Gasteiger partial charge in [0.1, 0.15) is 6.54 Å². The third-order valence-electron chi connectivity index (χ3n) is 5.33. The lowest BCUT2D eigenvalue weighted by Crippen LogP contribution is -2.43. The molecule has 28 heavy (non-hydrogen) atoms. The summed E-state index contributed by atoms with van der Waals surface area (Å²) in [7, 11) is 0. The second kappa shape index (κ2) is 7.49. The van der Waals surface area contributed by atoms with Gasteiger partial charge in [0.15, 0.2) is 5.82 Å². The molecule has 0 N–H and O–H groups in total. The molecule has 1 aromatic heterocycles. The molecule has 2 aliphatic heterocycles. The lowest BCUT2D eigenvalue weighted by Gasteiger charge is -2.33. The quantitative estimate of drug-likeness (QED) is 0.713. The van der Waals surface area contributed by atoms with Gasteiger partial charge in [0, 0.05) is 25.6 Å². The highest BCUT2D eigenvalue weighted by molar-refractivity contribution is 6.21. The van der Waals surface area contributed by atoms with E-state index < -0.39 is 0 Å². The minimum Gasteiger partial charge on any atom is -0.338 e. The molecule has 4 rings (SSSR count). The number of carbonyl (C=O) groups excluding carboxylic acids is 3. The van der Waals surface area contributed by atoms with Crippen molar-refractivity contribution in [3.05, 3.63) is 41.2 Å². The van der Waals surface area contributed by atoms with E-state index in [1.165, 1.54) is 9.70 Å². The summed E-state index contributed by atoms with van der Waals surface area (Å²) < 4.78 is 0. The van der Waals surface area contributed by atoms with Gasteiger partial charge in [-0.2, -0.15) is 4.80 Å². The molecule has 0 aliphatic carbocycles. The molecule has 2 aliphatic rings. The molecule has 0 spiro atoms. The lowest BCUT2D eigenvalue weighted by molar-refractivity contribution is -0.135. The van der Waals surface area contributed by atoms with Crippen molar-refractivity contribution < 1.29 is 14.4 Å². The molecular formula is C19H22N6O3. The third kappa shape index (κ3) is 3.39. The molecule has 1 atom stereocenters. The Kier molecular flexibility index (Phi) is 4.89. The minimum atomic E-state index is -0.303. The number of rotatable bonds is 5. The molecule has 0 bridgehead atoms. The number of hydrogen-bond donors (Lipinski definition) is 0.